The monoisotopic (exact) mass is 553 g/mol. The first-order valence-electron chi connectivity index (χ1n) is 12.4. The molecule has 0 radical (unpaired) electrons. The largest absolute Gasteiger partial charge is 0.481 e. The van der Waals surface area contributed by atoms with E-state index in [0.717, 1.165) is 6.92 Å². The number of esters is 1. The smallest absolute Gasteiger partial charge is 0.328 e. The Morgan fingerprint density at radius 3 is 2.42 bits per heavy atom. The number of nitrogens with zero attached hydrogens (tertiary/aromatic N) is 1. The molecule has 4 rings (SSSR count). The second-order valence-electron chi connectivity index (χ2n) is 9.17. The lowest BCUT2D eigenvalue weighted by atomic mass is 10.00. The number of hydrogen-bond donors (Lipinski definition) is 5. The molecule has 3 amide bonds. The fourth-order valence-corrected chi connectivity index (χ4v) is 4.21. The normalized spacial score (nSPS) is 19.1. The number of ether oxygens (including phenoxy) is 2. The molecule has 1 saturated heterocycles. The molecule has 13 nitrogen and oxygen atoms in total. The zero-order valence-electron chi connectivity index (χ0n) is 22.3. The second kappa shape index (κ2) is 12.3. The summed E-state index contributed by atoms with van der Waals surface area (Å²) in [7, 11) is 0. The molecule has 0 unspecified atom stereocenters. The first-order chi connectivity index (χ1) is 18.9. The van der Waals surface area contributed by atoms with Crippen molar-refractivity contribution < 1.29 is 38.6 Å². The van der Waals surface area contributed by atoms with Crippen molar-refractivity contribution >= 4 is 46.9 Å². The summed E-state index contributed by atoms with van der Waals surface area (Å²) in [5.74, 6) is -2.88. The van der Waals surface area contributed by atoms with E-state index in [0.29, 0.717) is 41.9 Å². The number of amides is 3. The molecule has 2 aliphatic rings. The lowest BCUT2D eigenvalue weighted by Crippen LogP contribution is -2.61. The number of carboxylic acids is 1. The number of amidine groups is 1. The van der Waals surface area contributed by atoms with Gasteiger partial charge in [-0.2, -0.15) is 0 Å². The second-order valence-corrected chi connectivity index (χ2v) is 9.17. The van der Waals surface area contributed by atoms with Crippen molar-refractivity contribution in [3.8, 4) is 5.75 Å². The summed E-state index contributed by atoms with van der Waals surface area (Å²) in [5, 5.41) is 20.3. The third-order valence-electron chi connectivity index (χ3n) is 6.17. The predicted octanol–water partition coefficient (Wildman–Crippen LogP) is 1.96. The van der Waals surface area contributed by atoms with Crippen molar-refractivity contribution in [1.82, 2.24) is 4.90 Å². The van der Waals surface area contributed by atoms with Crippen molar-refractivity contribution in [3.05, 3.63) is 53.6 Å². The van der Waals surface area contributed by atoms with Gasteiger partial charge in [0.1, 0.15) is 17.6 Å². The number of benzene rings is 2. The topological polar surface area (TPSA) is 201 Å². The highest BCUT2D eigenvalue weighted by atomic mass is 16.5. The van der Waals surface area contributed by atoms with E-state index in [1.165, 1.54) is 17.9 Å². The fourth-order valence-electron chi connectivity index (χ4n) is 4.21. The number of fused-ring (bicyclic) bond motifs is 1. The van der Waals surface area contributed by atoms with Crippen LogP contribution in [-0.2, 0) is 23.9 Å². The Labute approximate surface area is 230 Å². The van der Waals surface area contributed by atoms with Gasteiger partial charge in [-0.1, -0.05) is 12.1 Å². The third-order valence-corrected chi connectivity index (χ3v) is 6.17. The molecule has 2 aromatic rings. The van der Waals surface area contributed by atoms with Crippen LogP contribution in [0.3, 0.4) is 0 Å². The molecule has 13 heteroatoms. The van der Waals surface area contributed by atoms with Gasteiger partial charge < -0.3 is 35.8 Å². The molecule has 0 spiro atoms. The van der Waals surface area contributed by atoms with Gasteiger partial charge in [0.25, 0.3) is 29.3 Å². The number of anilines is 2. The average molecular weight is 554 g/mol. The van der Waals surface area contributed by atoms with Crippen LogP contribution in [0.5, 0.6) is 5.75 Å². The Hall–Kier alpha value is -4.94. The Bertz CT molecular complexity index is 1340. The van der Waals surface area contributed by atoms with Gasteiger partial charge in [-0.05, 0) is 57.0 Å². The van der Waals surface area contributed by atoms with Gasteiger partial charge in [0.15, 0.2) is 0 Å². The van der Waals surface area contributed by atoms with E-state index in [9.17, 15) is 19.2 Å². The number of carboxylic acid groups (broad SMARTS) is 1. The standard InChI is InChI=1S/C25H27N5O6.C2H4O2/c1-3-35-22(32)18-5-4-12-30(18)24(34)25(2)23(33)29-17-13-16(10-11-19(17)36-25)28-21(31)15-8-6-14(7-9-15)20(26)27;1-2(3)4/h6-11,13,18H,3-5,12H2,1-2H3,(H3,26,27)(H,28,31)(H,29,33);1H3,(H,3,4)/t18-,25-;/m0./s1. The number of carbonyl (C=O) groups excluding carboxylic acids is 4. The van der Waals surface area contributed by atoms with Crippen molar-refractivity contribution in [2.45, 2.75) is 45.3 Å². The SMILES string of the molecule is CC(=O)O.CCOC(=O)[C@@H]1CCCN1C(=O)[C@@]1(C)Oc2ccc(NC(=O)c3ccc(C(=N)N)cc3)cc2NC1=O. The maximum absolute atomic E-state index is 13.4. The summed E-state index contributed by atoms with van der Waals surface area (Å²) >= 11 is 0. The molecule has 2 heterocycles. The number of carbonyl (C=O) groups is 5. The number of hydrogen-bond acceptors (Lipinski definition) is 8. The Kier molecular flexibility index (Phi) is 9.09. The summed E-state index contributed by atoms with van der Waals surface area (Å²) in [5.41, 5.74) is 5.12. The molecule has 1 fully saturated rings. The molecular weight excluding hydrogens is 522 g/mol. The van der Waals surface area contributed by atoms with Crippen molar-refractivity contribution in [1.29, 1.82) is 5.41 Å². The van der Waals surface area contributed by atoms with Gasteiger partial charge in [0, 0.05) is 30.3 Å². The van der Waals surface area contributed by atoms with Crippen LogP contribution in [0, 0.1) is 5.41 Å². The molecule has 2 aromatic carbocycles. The maximum atomic E-state index is 13.4. The van der Waals surface area contributed by atoms with E-state index in [2.05, 4.69) is 10.6 Å². The van der Waals surface area contributed by atoms with E-state index >= 15 is 0 Å². The highest BCUT2D eigenvalue weighted by Gasteiger charge is 2.52. The van der Waals surface area contributed by atoms with Crippen LogP contribution in [0.2, 0.25) is 0 Å². The molecular formula is C27H31N5O8. The summed E-state index contributed by atoms with van der Waals surface area (Å²) < 4.78 is 11.0. The predicted molar refractivity (Wildman–Crippen MR) is 144 cm³/mol. The van der Waals surface area contributed by atoms with E-state index in [1.54, 1.807) is 43.3 Å². The molecule has 0 saturated carbocycles. The molecule has 40 heavy (non-hydrogen) atoms. The van der Waals surface area contributed by atoms with Crippen LogP contribution >= 0.6 is 0 Å². The van der Waals surface area contributed by atoms with Crippen molar-refractivity contribution in [2.75, 3.05) is 23.8 Å². The number of rotatable bonds is 6. The van der Waals surface area contributed by atoms with Gasteiger partial charge >= 0.3 is 5.97 Å². The summed E-state index contributed by atoms with van der Waals surface area (Å²) in [6.07, 6.45) is 1.07. The lowest BCUT2D eigenvalue weighted by molar-refractivity contribution is -0.162. The first kappa shape index (κ1) is 29.6. The number of nitrogens with two attached hydrogens (primary N) is 1. The minimum Gasteiger partial charge on any atom is -0.481 e. The van der Waals surface area contributed by atoms with Gasteiger partial charge in [0.2, 0.25) is 0 Å². The maximum Gasteiger partial charge on any atom is 0.328 e. The number of nitrogens with one attached hydrogen (secondary N) is 3. The van der Waals surface area contributed by atoms with Gasteiger partial charge in [-0.3, -0.25) is 24.6 Å². The van der Waals surface area contributed by atoms with Gasteiger partial charge in [0.05, 0.1) is 12.3 Å². The van der Waals surface area contributed by atoms with Crippen molar-refractivity contribution in [3.63, 3.8) is 0 Å². The lowest BCUT2D eigenvalue weighted by Gasteiger charge is -2.37. The molecule has 2 aliphatic heterocycles. The number of aliphatic carboxylic acids is 1. The molecule has 0 bridgehead atoms. The van der Waals surface area contributed by atoms with E-state index < -0.39 is 41.3 Å². The summed E-state index contributed by atoms with van der Waals surface area (Å²) in [4.78, 5) is 61.6. The Morgan fingerprint density at radius 1 is 1.20 bits per heavy atom. The minimum absolute atomic E-state index is 0.0981. The summed E-state index contributed by atoms with van der Waals surface area (Å²) in [6, 6.07) is 10.1. The van der Waals surface area contributed by atoms with E-state index in [1.807, 2.05) is 0 Å². The Morgan fingerprint density at radius 2 is 1.82 bits per heavy atom. The van der Waals surface area contributed by atoms with Gasteiger partial charge in [-0.15, -0.1) is 0 Å². The van der Waals surface area contributed by atoms with Crippen LogP contribution in [-0.4, -0.2) is 70.3 Å². The van der Waals surface area contributed by atoms with Crippen LogP contribution < -0.4 is 21.1 Å². The molecule has 0 aromatic heterocycles. The Balaban J connectivity index is 0.00000103. The zero-order chi connectivity index (χ0) is 29.6. The van der Waals surface area contributed by atoms with E-state index in [4.69, 9.17) is 30.5 Å². The third kappa shape index (κ3) is 6.54. The highest BCUT2D eigenvalue weighted by molar-refractivity contribution is 6.16. The molecule has 6 N–H and O–H groups in total. The number of likely N-dealkylation sites (tertiary alicyclic amines) is 1. The number of nitrogen functional groups attached to an aromatic ring is 1. The van der Waals surface area contributed by atoms with Gasteiger partial charge in [-0.25, -0.2) is 4.79 Å². The first-order valence-corrected chi connectivity index (χ1v) is 12.4. The molecule has 212 valence electrons. The zero-order valence-corrected chi connectivity index (χ0v) is 22.3. The van der Waals surface area contributed by atoms with Crippen LogP contribution in [0.4, 0.5) is 11.4 Å². The highest BCUT2D eigenvalue weighted by Crippen LogP contribution is 2.37. The minimum atomic E-state index is -1.87. The summed E-state index contributed by atoms with van der Waals surface area (Å²) in [6.45, 7) is 4.66. The fraction of sp³-hybridized carbons (Fsp3) is 0.333. The molecule has 0 aliphatic carbocycles. The van der Waals surface area contributed by atoms with Crippen LogP contribution in [0.1, 0.15) is 49.5 Å². The average Bonchev–Trinajstić information content (AvgIpc) is 3.39. The van der Waals surface area contributed by atoms with E-state index in [-0.39, 0.29) is 18.2 Å². The van der Waals surface area contributed by atoms with Crippen molar-refractivity contribution in [2.24, 2.45) is 5.73 Å². The molecule has 2 atom stereocenters. The van der Waals surface area contributed by atoms with Crippen LogP contribution in [0.15, 0.2) is 42.5 Å². The van der Waals surface area contributed by atoms with Crippen LogP contribution in [0.25, 0.3) is 0 Å². The quantitative estimate of drug-likeness (QED) is 0.153.